The number of rotatable bonds is 2. The van der Waals surface area contributed by atoms with Crippen LogP contribution in [0.4, 0.5) is 0 Å². The van der Waals surface area contributed by atoms with Gasteiger partial charge in [0, 0.05) is 19.2 Å². The summed E-state index contributed by atoms with van der Waals surface area (Å²) in [6.45, 7) is 0.361. The highest BCUT2D eigenvalue weighted by molar-refractivity contribution is 5.94. The standard InChI is InChI=1S/C13H15N3O3/c1-15-8-14-11-5-16(10(6-17)4-12(11)15)13(18)9-2-3-19-7-9/h2-3,7-8,10,17H,4-6H2,1H3/t10-/m0/s1. The third-order valence-corrected chi connectivity index (χ3v) is 3.58. The number of imidazole rings is 1. The third kappa shape index (κ3) is 1.94. The lowest BCUT2D eigenvalue weighted by molar-refractivity contribution is 0.0535. The van der Waals surface area contributed by atoms with Gasteiger partial charge in [0.05, 0.1) is 43.0 Å². The molecule has 0 saturated carbocycles. The molecule has 6 nitrogen and oxygen atoms in total. The Balaban J connectivity index is 1.91. The molecule has 19 heavy (non-hydrogen) atoms. The van der Waals surface area contributed by atoms with E-state index in [0.717, 1.165) is 11.4 Å². The van der Waals surface area contributed by atoms with E-state index in [9.17, 15) is 9.90 Å². The summed E-state index contributed by atoms with van der Waals surface area (Å²) in [7, 11) is 1.92. The van der Waals surface area contributed by atoms with Gasteiger partial charge in [0.1, 0.15) is 6.26 Å². The predicted molar refractivity (Wildman–Crippen MR) is 66.4 cm³/mol. The highest BCUT2D eigenvalue weighted by Crippen LogP contribution is 2.23. The molecule has 1 aliphatic heterocycles. The molecule has 0 bridgehead atoms. The maximum atomic E-state index is 12.4. The SMILES string of the molecule is Cn1cnc2c1C[C@@H](CO)N(C(=O)c1ccoc1)C2. The van der Waals surface area contributed by atoms with Crippen molar-refractivity contribution >= 4 is 5.91 Å². The van der Waals surface area contributed by atoms with Gasteiger partial charge in [0.15, 0.2) is 0 Å². The molecule has 100 valence electrons. The van der Waals surface area contributed by atoms with Crippen LogP contribution in [0.3, 0.4) is 0 Å². The Hall–Kier alpha value is -2.08. The predicted octanol–water partition coefficient (Wildman–Crippen LogP) is 0.572. The van der Waals surface area contributed by atoms with Crippen LogP contribution in [-0.2, 0) is 20.0 Å². The van der Waals surface area contributed by atoms with E-state index in [4.69, 9.17) is 4.42 Å². The number of carbonyl (C=O) groups is 1. The van der Waals surface area contributed by atoms with Gasteiger partial charge in [-0.05, 0) is 6.07 Å². The Kier molecular flexibility index (Phi) is 2.87. The summed E-state index contributed by atoms with van der Waals surface area (Å²) in [6, 6.07) is 1.41. The lowest BCUT2D eigenvalue weighted by atomic mass is 10.0. The van der Waals surface area contributed by atoms with E-state index < -0.39 is 0 Å². The number of nitrogens with zero attached hydrogens (tertiary/aromatic N) is 3. The number of furan rings is 1. The third-order valence-electron chi connectivity index (χ3n) is 3.58. The van der Waals surface area contributed by atoms with Crippen LogP contribution in [0.15, 0.2) is 29.3 Å². The second-order valence-corrected chi connectivity index (χ2v) is 4.73. The lowest BCUT2D eigenvalue weighted by Gasteiger charge is -2.34. The molecule has 3 rings (SSSR count). The molecule has 0 saturated heterocycles. The summed E-state index contributed by atoms with van der Waals surface area (Å²) in [5.41, 5.74) is 2.47. The number of aliphatic hydroxyl groups excluding tert-OH is 1. The van der Waals surface area contributed by atoms with Crippen LogP contribution in [0.25, 0.3) is 0 Å². The van der Waals surface area contributed by atoms with Gasteiger partial charge < -0.3 is 19.0 Å². The highest BCUT2D eigenvalue weighted by Gasteiger charge is 2.32. The number of aromatic nitrogens is 2. The van der Waals surface area contributed by atoms with Crippen molar-refractivity contribution in [2.75, 3.05) is 6.61 Å². The fourth-order valence-electron chi connectivity index (χ4n) is 2.47. The Morgan fingerprint density at radius 3 is 3.16 bits per heavy atom. The lowest BCUT2D eigenvalue weighted by Crippen LogP contribution is -2.46. The van der Waals surface area contributed by atoms with Crippen molar-refractivity contribution in [1.82, 2.24) is 14.5 Å². The normalized spacial score (nSPS) is 18.4. The number of aliphatic hydroxyl groups is 1. The molecule has 0 fully saturated rings. The molecule has 2 aromatic heterocycles. The molecule has 0 spiro atoms. The summed E-state index contributed by atoms with van der Waals surface area (Å²) in [5.74, 6) is -0.135. The zero-order valence-corrected chi connectivity index (χ0v) is 10.6. The van der Waals surface area contributed by atoms with E-state index in [1.165, 1.54) is 12.5 Å². The van der Waals surface area contributed by atoms with Crippen molar-refractivity contribution in [3.05, 3.63) is 41.9 Å². The first-order chi connectivity index (χ1) is 9.20. The van der Waals surface area contributed by atoms with E-state index in [0.29, 0.717) is 18.5 Å². The van der Waals surface area contributed by atoms with Crippen molar-refractivity contribution in [1.29, 1.82) is 0 Å². The van der Waals surface area contributed by atoms with Crippen molar-refractivity contribution in [3.8, 4) is 0 Å². The molecule has 1 aliphatic rings. The van der Waals surface area contributed by atoms with Gasteiger partial charge in [-0.1, -0.05) is 0 Å². The van der Waals surface area contributed by atoms with Crippen LogP contribution < -0.4 is 0 Å². The van der Waals surface area contributed by atoms with Gasteiger partial charge in [-0.15, -0.1) is 0 Å². The van der Waals surface area contributed by atoms with E-state index in [1.54, 1.807) is 17.3 Å². The van der Waals surface area contributed by atoms with Crippen LogP contribution in [0.2, 0.25) is 0 Å². The highest BCUT2D eigenvalue weighted by atomic mass is 16.3. The smallest absolute Gasteiger partial charge is 0.257 e. The van der Waals surface area contributed by atoms with E-state index in [-0.39, 0.29) is 18.6 Å². The molecule has 1 N–H and O–H groups in total. The van der Waals surface area contributed by atoms with E-state index >= 15 is 0 Å². The number of carbonyl (C=O) groups excluding carboxylic acids is 1. The quantitative estimate of drug-likeness (QED) is 0.858. The molecule has 0 unspecified atom stereocenters. The Bertz CT molecular complexity index is 588. The van der Waals surface area contributed by atoms with Crippen LogP contribution in [-0.4, -0.2) is 38.1 Å². The van der Waals surface area contributed by atoms with Crippen LogP contribution in [0, 0.1) is 0 Å². The topological polar surface area (TPSA) is 71.5 Å². The molecular formula is C13H15N3O3. The monoisotopic (exact) mass is 261 g/mol. The molecule has 0 aromatic carbocycles. The molecule has 1 atom stereocenters. The molecular weight excluding hydrogens is 246 g/mol. The van der Waals surface area contributed by atoms with Crippen molar-refractivity contribution < 1.29 is 14.3 Å². The summed E-state index contributed by atoms with van der Waals surface area (Å²) >= 11 is 0. The summed E-state index contributed by atoms with van der Waals surface area (Å²) in [4.78, 5) is 18.3. The minimum absolute atomic E-state index is 0.0613. The maximum absolute atomic E-state index is 12.4. The van der Waals surface area contributed by atoms with Crippen molar-refractivity contribution in [2.45, 2.75) is 19.0 Å². The van der Waals surface area contributed by atoms with Gasteiger partial charge in [-0.2, -0.15) is 0 Å². The fraction of sp³-hybridized carbons (Fsp3) is 0.385. The molecule has 0 aliphatic carbocycles. The van der Waals surface area contributed by atoms with Crippen LogP contribution >= 0.6 is 0 Å². The van der Waals surface area contributed by atoms with Crippen molar-refractivity contribution in [3.63, 3.8) is 0 Å². The molecule has 0 radical (unpaired) electrons. The number of hydrogen-bond acceptors (Lipinski definition) is 4. The first kappa shape index (κ1) is 12.0. The minimum atomic E-state index is -0.217. The van der Waals surface area contributed by atoms with Gasteiger partial charge >= 0.3 is 0 Å². The molecule has 1 amide bonds. The van der Waals surface area contributed by atoms with Crippen LogP contribution in [0.1, 0.15) is 21.7 Å². The minimum Gasteiger partial charge on any atom is -0.472 e. The Morgan fingerprint density at radius 2 is 2.47 bits per heavy atom. The van der Waals surface area contributed by atoms with Crippen molar-refractivity contribution in [2.24, 2.45) is 7.05 Å². The maximum Gasteiger partial charge on any atom is 0.257 e. The van der Waals surface area contributed by atoms with Gasteiger partial charge in [-0.3, -0.25) is 4.79 Å². The fourth-order valence-corrected chi connectivity index (χ4v) is 2.47. The van der Waals surface area contributed by atoms with E-state index in [2.05, 4.69) is 4.98 Å². The van der Waals surface area contributed by atoms with Gasteiger partial charge in [0.2, 0.25) is 0 Å². The second kappa shape index (κ2) is 4.55. The second-order valence-electron chi connectivity index (χ2n) is 4.73. The number of hydrogen-bond donors (Lipinski definition) is 1. The average Bonchev–Trinajstić information content (AvgIpc) is 3.07. The zero-order valence-electron chi connectivity index (χ0n) is 10.6. The zero-order chi connectivity index (χ0) is 13.4. The number of amides is 1. The molecule has 6 heteroatoms. The average molecular weight is 261 g/mol. The Labute approximate surface area is 110 Å². The molecule has 3 heterocycles. The Morgan fingerprint density at radius 1 is 1.63 bits per heavy atom. The van der Waals surface area contributed by atoms with E-state index in [1.807, 2.05) is 11.6 Å². The summed E-state index contributed by atoms with van der Waals surface area (Å²) in [6.07, 6.45) is 5.25. The molecule has 2 aromatic rings. The number of fused-ring (bicyclic) bond motifs is 1. The first-order valence-corrected chi connectivity index (χ1v) is 6.13. The van der Waals surface area contributed by atoms with Crippen LogP contribution in [0.5, 0.6) is 0 Å². The van der Waals surface area contributed by atoms with Gasteiger partial charge in [0.25, 0.3) is 5.91 Å². The van der Waals surface area contributed by atoms with Gasteiger partial charge in [-0.25, -0.2) is 4.98 Å². The number of aryl methyl sites for hydroxylation is 1. The first-order valence-electron chi connectivity index (χ1n) is 6.13. The summed E-state index contributed by atoms with van der Waals surface area (Å²) < 4.78 is 6.88. The summed E-state index contributed by atoms with van der Waals surface area (Å²) in [5, 5.41) is 9.51. The largest absolute Gasteiger partial charge is 0.472 e.